The van der Waals surface area contributed by atoms with Crippen molar-refractivity contribution in [3.05, 3.63) is 48.0 Å². The molecule has 1 unspecified atom stereocenters. The van der Waals surface area contributed by atoms with Gasteiger partial charge in [0.2, 0.25) is 0 Å². The molecule has 1 N–H and O–H groups in total. The third kappa shape index (κ3) is 2.34. The van der Waals surface area contributed by atoms with E-state index in [2.05, 4.69) is 47.8 Å². The van der Waals surface area contributed by atoms with E-state index in [4.69, 9.17) is 0 Å². The molecule has 0 saturated carbocycles. The van der Waals surface area contributed by atoms with Gasteiger partial charge in [0, 0.05) is 0 Å². The maximum Gasteiger partial charge on any atom is -0.00199 e. The van der Waals surface area contributed by atoms with Crippen LogP contribution < -0.4 is 5.32 Å². The highest BCUT2D eigenvalue weighted by Crippen LogP contribution is 2.22. The third-order valence-electron chi connectivity index (χ3n) is 3.86. The van der Waals surface area contributed by atoms with Crippen molar-refractivity contribution in [1.29, 1.82) is 0 Å². The van der Waals surface area contributed by atoms with Crippen molar-refractivity contribution < 1.29 is 0 Å². The Morgan fingerprint density at radius 2 is 1.94 bits per heavy atom. The average molecular weight is 225 g/mol. The van der Waals surface area contributed by atoms with Crippen LogP contribution in [0.4, 0.5) is 0 Å². The minimum Gasteiger partial charge on any atom is -0.316 e. The number of nitrogens with one attached hydrogen (secondary N) is 1. The van der Waals surface area contributed by atoms with E-state index in [1.54, 1.807) is 0 Å². The van der Waals surface area contributed by atoms with Gasteiger partial charge in [-0.15, -0.1) is 0 Å². The molecule has 1 heterocycles. The van der Waals surface area contributed by atoms with Crippen LogP contribution in [0.15, 0.2) is 42.5 Å². The summed E-state index contributed by atoms with van der Waals surface area (Å²) >= 11 is 0. The highest BCUT2D eigenvalue weighted by atomic mass is 14.9. The fourth-order valence-electron chi connectivity index (χ4n) is 2.83. The Bertz CT molecular complexity index is 492. The standard InChI is InChI=1S/C16H19N/c1-2-7-16-14(4-1)5-3-6-15(16)9-8-13-10-11-17-12-13/h1-7,13,17H,8-12H2. The summed E-state index contributed by atoms with van der Waals surface area (Å²) in [5.41, 5.74) is 1.51. The Labute approximate surface area is 103 Å². The second-order valence-corrected chi connectivity index (χ2v) is 5.04. The molecule has 2 aromatic rings. The van der Waals surface area contributed by atoms with Gasteiger partial charge < -0.3 is 5.32 Å². The lowest BCUT2D eigenvalue weighted by atomic mass is 9.95. The van der Waals surface area contributed by atoms with Gasteiger partial charge in [-0.2, -0.15) is 0 Å². The molecular formula is C16H19N. The minimum absolute atomic E-state index is 0.883. The van der Waals surface area contributed by atoms with Gasteiger partial charge in [-0.25, -0.2) is 0 Å². The predicted octanol–water partition coefficient (Wildman–Crippen LogP) is 3.38. The van der Waals surface area contributed by atoms with Crippen molar-refractivity contribution in [3.63, 3.8) is 0 Å². The summed E-state index contributed by atoms with van der Waals surface area (Å²) in [6.45, 7) is 2.42. The highest BCUT2D eigenvalue weighted by Gasteiger charge is 2.14. The maximum atomic E-state index is 3.45. The Morgan fingerprint density at radius 3 is 2.82 bits per heavy atom. The molecule has 0 radical (unpaired) electrons. The first kappa shape index (κ1) is 10.8. The average Bonchev–Trinajstić information content (AvgIpc) is 2.89. The molecule has 17 heavy (non-hydrogen) atoms. The molecule has 2 aromatic carbocycles. The zero-order chi connectivity index (χ0) is 11.5. The molecule has 1 atom stereocenters. The molecule has 1 saturated heterocycles. The Balaban J connectivity index is 1.79. The van der Waals surface area contributed by atoms with Gasteiger partial charge in [0.1, 0.15) is 0 Å². The lowest BCUT2D eigenvalue weighted by molar-refractivity contribution is 0.534. The van der Waals surface area contributed by atoms with Crippen molar-refractivity contribution in [3.8, 4) is 0 Å². The van der Waals surface area contributed by atoms with Crippen LogP contribution in [-0.4, -0.2) is 13.1 Å². The molecule has 1 heteroatoms. The molecule has 0 bridgehead atoms. The van der Waals surface area contributed by atoms with E-state index in [0.29, 0.717) is 0 Å². The SMILES string of the molecule is c1ccc2c(CCC3CCNC3)cccc2c1. The van der Waals surface area contributed by atoms with Crippen LogP contribution in [-0.2, 0) is 6.42 Å². The van der Waals surface area contributed by atoms with Gasteiger partial charge in [-0.05, 0) is 54.6 Å². The molecule has 1 fully saturated rings. The highest BCUT2D eigenvalue weighted by molar-refractivity contribution is 5.85. The molecule has 88 valence electrons. The van der Waals surface area contributed by atoms with Gasteiger partial charge in [-0.3, -0.25) is 0 Å². The van der Waals surface area contributed by atoms with E-state index in [9.17, 15) is 0 Å². The van der Waals surface area contributed by atoms with Gasteiger partial charge in [0.25, 0.3) is 0 Å². The monoisotopic (exact) mass is 225 g/mol. The summed E-state index contributed by atoms with van der Waals surface area (Å²) in [5.74, 6) is 0.883. The van der Waals surface area contributed by atoms with Crippen LogP contribution in [0, 0.1) is 5.92 Å². The van der Waals surface area contributed by atoms with Crippen LogP contribution >= 0.6 is 0 Å². The molecule has 1 nitrogen and oxygen atoms in total. The summed E-state index contributed by atoms with van der Waals surface area (Å²) in [5, 5.41) is 6.25. The predicted molar refractivity (Wildman–Crippen MR) is 73.2 cm³/mol. The molecule has 0 aliphatic carbocycles. The maximum absolute atomic E-state index is 3.45. The largest absolute Gasteiger partial charge is 0.316 e. The summed E-state index contributed by atoms with van der Waals surface area (Å²) in [6, 6.07) is 15.4. The summed E-state index contributed by atoms with van der Waals surface area (Å²) < 4.78 is 0. The van der Waals surface area contributed by atoms with E-state index < -0.39 is 0 Å². The van der Waals surface area contributed by atoms with Gasteiger partial charge in [0.05, 0.1) is 0 Å². The Morgan fingerprint density at radius 1 is 1.06 bits per heavy atom. The number of fused-ring (bicyclic) bond motifs is 1. The van der Waals surface area contributed by atoms with E-state index in [1.165, 1.54) is 48.7 Å². The smallest absolute Gasteiger partial charge is 0.00199 e. The first-order chi connectivity index (χ1) is 8.43. The molecule has 1 aliphatic heterocycles. The normalized spacial score (nSPS) is 19.9. The van der Waals surface area contributed by atoms with Gasteiger partial charge in [0.15, 0.2) is 0 Å². The molecular weight excluding hydrogens is 206 g/mol. The lowest BCUT2D eigenvalue weighted by Gasteiger charge is -2.10. The molecule has 0 aromatic heterocycles. The lowest BCUT2D eigenvalue weighted by Crippen LogP contribution is -2.09. The second kappa shape index (κ2) is 4.89. The van der Waals surface area contributed by atoms with Gasteiger partial charge in [-0.1, -0.05) is 42.5 Å². The zero-order valence-corrected chi connectivity index (χ0v) is 10.2. The van der Waals surface area contributed by atoms with Crippen molar-refractivity contribution in [2.24, 2.45) is 5.92 Å². The zero-order valence-electron chi connectivity index (χ0n) is 10.2. The van der Waals surface area contributed by atoms with Crippen molar-refractivity contribution in [1.82, 2.24) is 5.32 Å². The van der Waals surface area contributed by atoms with Crippen molar-refractivity contribution in [2.75, 3.05) is 13.1 Å². The van der Waals surface area contributed by atoms with E-state index in [1.807, 2.05) is 0 Å². The number of rotatable bonds is 3. The molecule has 0 spiro atoms. The van der Waals surface area contributed by atoms with Crippen LogP contribution in [0.3, 0.4) is 0 Å². The Hall–Kier alpha value is -1.34. The van der Waals surface area contributed by atoms with E-state index >= 15 is 0 Å². The number of hydrogen-bond acceptors (Lipinski definition) is 1. The second-order valence-electron chi connectivity index (χ2n) is 5.04. The molecule has 3 rings (SSSR count). The van der Waals surface area contributed by atoms with Crippen LogP contribution in [0.2, 0.25) is 0 Å². The van der Waals surface area contributed by atoms with E-state index in [-0.39, 0.29) is 0 Å². The topological polar surface area (TPSA) is 12.0 Å². The number of benzene rings is 2. The summed E-state index contributed by atoms with van der Waals surface area (Å²) in [7, 11) is 0. The third-order valence-corrected chi connectivity index (χ3v) is 3.86. The first-order valence-electron chi connectivity index (χ1n) is 6.61. The van der Waals surface area contributed by atoms with Crippen LogP contribution in [0.1, 0.15) is 18.4 Å². The number of hydrogen-bond donors (Lipinski definition) is 1. The summed E-state index contributed by atoms with van der Waals surface area (Å²) in [4.78, 5) is 0. The first-order valence-corrected chi connectivity index (χ1v) is 6.61. The fourth-order valence-corrected chi connectivity index (χ4v) is 2.83. The molecule has 0 amide bonds. The summed E-state index contributed by atoms with van der Waals surface area (Å²) in [6.07, 6.45) is 3.89. The fraction of sp³-hybridized carbons (Fsp3) is 0.375. The molecule has 1 aliphatic rings. The van der Waals surface area contributed by atoms with Crippen molar-refractivity contribution >= 4 is 10.8 Å². The number of aryl methyl sites for hydroxylation is 1. The van der Waals surface area contributed by atoms with Crippen molar-refractivity contribution in [2.45, 2.75) is 19.3 Å². The minimum atomic E-state index is 0.883. The van der Waals surface area contributed by atoms with Crippen LogP contribution in [0.25, 0.3) is 10.8 Å². The van der Waals surface area contributed by atoms with Crippen LogP contribution in [0.5, 0.6) is 0 Å². The quantitative estimate of drug-likeness (QED) is 0.844. The Kier molecular flexibility index (Phi) is 3.10. The van der Waals surface area contributed by atoms with E-state index in [0.717, 1.165) is 5.92 Å². The van der Waals surface area contributed by atoms with Gasteiger partial charge >= 0.3 is 0 Å².